The minimum atomic E-state index is -0.442. The maximum atomic E-state index is 12.9. The molecule has 0 unspecified atom stereocenters. The van der Waals surface area contributed by atoms with E-state index in [1.165, 1.54) is 24.3 Å². The smallest absolute Gasteiger partial charge is 0.347 e. The lowest BCUT2D eigenvalue weighted by molar-refractivity contribution is 0.518. The van der Waals surface area contributed by atoms with Crippen molar-refractivity contribution in [3.05, 3.63) is 62.3 Å². The molecular weight excluding hydrogens is 360 g/mol. The molecule has 0 aliphatic rings. The van der Waals surface area contributed by atoms with Crippen molar-refractivity contribution in [2.45, 2.75) is 0 Å². The molecule has 94 valence electrons. The SMILES string of the molecule is O=c1oc(-c2ccc(F)cc2)nc2ccc(I)cc12. The van der Waals surface area contributed by atoms with E-state index in [1.54, 1.807) is 12.1 Å². The molecule has 5 heteroatoms. The molecule has 0 aliphatic heterocycles. The summed E-state index contributed by atoms with van der Waals surface area (Å²) in [5.74, 6) is -0.153. The highest BCUT2D eigenvalue weighted by atomic mass is 127. The Labute approximate surface area is 121 Å². The van der Waals surface area contributed by atoms with E-state index in [0.29, 0.717) is 16.5 Å². The Kier molecular flexibility index (Phi) is 3.06. The summed E-state index contributed by atoms with van der Waals surface area (Å²) in [6.07, 6.45) is 0. The number of hydrogen-bond acceptors (Lipinski definition) is 3. The molecule has 1 heterocycles. The largest absolute Gasteiger partial charge is 0.403 e. The minimum absolute atomic E-state index is 0.193. The standard InChI is InChI=1S/C14H7FINO2/c15-9-3-1-8(2-4-9)13-17-12-6-5-10(16)7-11(12)14(18)19-13/h1-7H. The topological polar surface area (TPSA) is 43.1 Å². The van der Waals surface area contributed by atoms with Gasteiger partial charge in [0.25, 0.3) is 0 Å². The van der Waals surface area contributed by atoms with Crippen molar-refractivity contribution in [3.63, 3.8) is 0 Å². The van der Waals surface area contributed by atoms with Crippen LogP contribution in [0.5, 0.6) is 0 Å². The van der Waals surface area contributed by atoms with Crippen LogP contribution in [-0.2, 0) is 0 Å². The molecule has 0 bridgehead atoms. The number of aromatic nitrogens is 1. The number of rotatable bonds is 1. The van der Waals surface area contributed by atoms with Crippen LogP contribution in [0.1, 0.15) is 0 Å². The van der Waals surface area contributed by atoms with Gasteiger partial charge < -0.3 is 4.42 Å². The third-order valence-electron chi connectivity index (χ3n) is 2.68. The molecule has 3 aromatic rings. The predicted molar refractivity (Wildman–Crippen MR) is 78.4 cm³/mol. The first kappa shape index (κ1) is 12.3. The first-order valence-electron chi connectivity index (χ1n) is 5.50. The van der Waals surface area contributed by atoms with Crippen molar-refractivity contribution >= 4 is 33.5 Å². The second-order valence-electron chi connectivity index (χ2n) is 3.97. The maximum absolute atomic E-state index is 12.9. The zero-order valence-corrected chi connectivity index (χ0v) is 11.7. The summed E-state index contributed by atoms with van der Waals surface area (Å²) in [4.78, 5) is 16.2. The summed E-state index contributed by atoms with van der Waals surface area (Å²) in [5, 5.41) is 0.442. The van der Waals surface area contributed by atoms with E-state index in [4.69, 9.17) is 4.42 Å². The van der Waals surface area contributed by atoms with Crippen molar-refractivity contribution in [1.82, 2.24) is 4.98 Å². The lowest BCUT2D eigenvalue weighted by atomic mass is 10.2. The summed E-state index contributed by atoms with van der Waals surface area (Å²) in [5.41, 5.74) is 0.692. The molecule has 1 aromatic heterocycles. The van der Waals surface area contributed by atoms with E-state index in [-0.39, 0.29) is 11.7 Å². The number of halogens is 2. The summed E-state index contributed by atoms with van der Waals surface area (Å²) in [7, 11) is 0. The van der Waals surface area contributed by atoms with Gasteiger partial charge in [0.1, 0.15) is 5.82 Å². The van der Waals surface area contributed by atoms with Crippen LogP contribution < -0.4 is 5.63 Å². The van der Waals surface area contributed by atoms with Gasteiger partial charge in [-0.25, -0.2) is 14.2 Å². The third kappa shape index (κ3) is 2.37. The molecule has 3 nitrogen and oxygen atoms in total. The summed E-state index contributed by atoms with van der Waals surface area (Å²) >= 11 is 2.12. The molecule has 0 aliphatic carbocycles. The lowest BCUT2D eigenvalue weighted by Crippen LogP contribution is -2.03. The molecule has 0 radical (unpaired) electrons. The van der Waals surface area contributed by atoms with Gasteiger partial charge in [0, 0.05) is 9.13 Å². The molecule has 2 aromatic carbocycles. The van der Waals surface area contributed by atoms with E-state index in [9.17, 15) is 9.18 Å². The number of fused-ring (bicyclic) bond motifs is 1. The Bertz CT molecular complexity index is 812. The first-order valence-corrected chi connectivity index (χ1v) is 6.58. The molecule has 0 saturated carbocycles. The normalized spacial score (nSPS) is 10.8. The van der Waals surface area contributed by atoms with Gasteiger partial charge >= 0.3 is 5.63 Å². The van der Waals surface area contributed by atoms with Crippen LogP contribution in [0, 0.1) is 9.39 Å². The molecule has 0 atom stereocenters. The van der Waals surface area contributed by atoms with E-state index in [2.05, 4.69) is 27.6 Å². The second kappa shape index (κ2) is 4.73. The molecule has 19 heavy (non-hydrogen) atoms. The lowest BCUT2D eigenvalue weighted by Gasteiger charge is -2.02. The number of benzene rings is 2. The van der Waals surface area contributed by atoms with Crippen LogP contribution >= 0.6 is 22.6 Å². The maximum Gasteiger partial charge on any atom is 0.347 e. The van der Waals surface area contributed by atoms with Crippen molar-refractivity contribution in [2.75, 3.05) is 0 Å². The Morgan fingerprint density at radius 2 is 1.84 bits per heavy atom. The summed E-state index contributed by atoms with van der Waals surface area (Å²) < 4.78 is 19.0. The third-order valence-corrected chi connectivity index (χ3v) is 3.35. The summed E-state index contributed by atoms with van der Waals surface area (Å²) in [6, 6.07) is 11.0. The molecule has 3 rings (SSSR count). The highest BCUT2D eigenvalue weighted by Gasteiger charge is 2.08. The second-order valence-corrected chi connectivity index (χ2v) is 5.22. The van der Waals surface area contributed by atoms with Crippen LogP contribution in [-0.4, -0.2) is 4.98 Å². The average Bonchev–Trinajstić information content (AvgIpc) is 2.40. The molecule has 0 amide bonds. The quantitative estimate of drug-likeness (QED) is 0.618. The van der Waals surface area contributed by atoms with Crippen molar-refractivity contribution in [3.8, 4) is 11.5 Å². The summed E-state index contributed by atoms with van der Waals surface area (Å²) in [6.45, 7) is 0. The van der Waals surface area contributed by atoms with Crippen molar-refractivity contribution < 1.29 is 8.81 Å². The zero-order valence-electron chi connectivity index (χ0n) is 9.56. The van der Waals surface area contributed by atoms with E-state index >= 15 is 0 Å². The van der Waals surface area contributed by atoms with Crippen LogP contribution in [0.25, 0.3) is 22.4 Å². The molecule has 0 N–H and O–H groups in total. The first-order chi connectivity index (χ1) is 9.13. The van der Waals surface area contributed by atoms with Gasteiger partial charge in [0.05, 0.1) is 10.9 Å². The predicted octanol–water partition coefficient (Wildman–Crippen LogP) is 3.60. The van der Waals surface area contributed by atoms with Gasteiger partial charge in [-0.2, -0.15) is 0 Å². The number of nitrogens with zero attached hydrogens (tertiary/aromatic N) is 1. The fraction of sp³-hybridized carbons (Fsp3) is 0. The van der Waals surface area contributed by atoms with Crippen LogP contribution in [0.15, 0.2) is 51.7 Å². The Hall–Kier alpha value is -1.76. The Morgan fingerprint density at radius 1 is 1.11 bits per heavy atom. The monoisotopic (exact) mass is 367 g/mol. The number of hydrogen-bond donors (Lipinski definition) is 0. The van der Waals surface area contributed by atoms with Gasteiger partial charge in [0.2, 0.25) is 5.89 Å². The average molecular weight is 367 g/mol. The Balaban J connectivity index is 2.24. The van der Waals surface area contributed by atoms with Crippen molar-refractivity contribution in [1.29, 1.82) is 0 Å². The van der Waals surface area contributed by atoms with E-state index in [0.717, 1.165) is 3.57 Å². The fourth-order valence-corrected chi connectivity index (χ4v) is 2.25. The van der Waals surface area contributed by atoms with Gasteiger partial charge in [-0.15, -0.1) is 0 Å². The highest BCUT2D eigenvalue weighted by Crippen LogP contribution is 2.19. The Morgan fingerprint density at radius 3 is 2.58 bits per heavy atom. The minimum Gasteiger partial charge on any atom is -0.403 e. The highest BCUT2D eigenvalue weighted by molar-refractivity contribution is 14.1. The molecule has 0 saturated heterocycles. The van der Waals surface area contributed by atoms with Gasteiger partial charge in [-0.1, -0.05) is 0 Å². The molecule has 0 spiro atoms. The zero-order chi connectivity index (χ0) is 13.4. The van der Waals surface area contributed by atoms with Crippen molar-refractivity contribution in [2.24, 2.45) is 0 Å². The fourth-order valence-electron chi connectivity index (χ4n) is 1.76. The van der Waals surface area contributed by atoms with Crippen LogP contribution in [0.4, 0.5) is 4.39 Å². The van der Waals surface area contributed by atoms with E-state index in [1.807, 2.05) is 6.07 Å². The van der Waals surface area contributed by atoms with Crippen LogP contribution in [0.2, 0.25) is 0 Å². The molecule has 0 fully saturated rings. The van der Waals surface area contributed by atoms with Gasteiger partial charge in [0.15, 0.2) is 0 Å². The van der Waals surface area contributed by atoms with Crippen LogP contribution in [0.3, 0.4) is 0 Å². The van der Waals surface area contributed by atoms with E-state index < -0.39 is 5.63 Å². The van der Waals surface area contributed by atoms with Gasteiger partial charge in [-0.05, 0) is 65.1 Å². The van der Waals surface area contributed by atoms with Gasteiger partial charge in [-0.3, -0.25) is 0 Å². The molecular formula is C14H7FINO2.